The van der Waals surface area contributed by atoms with Crippen LogP contribution in [0.3, 0.4) is 0 Å². The van der Waals surface area contributed by atoms with Crippen molar-refractivity contribution in [2.75, 3.05) is 4.90 Å². The van der Waals surface area contributed by atoms with E-state index in [4.69, 9.17) is 0 Å². The molecule has 1 aliphatic rings. The first kappa shape index (κ1) is 17.2. The number of carbonyl (C=O) groups is 2. The third-order valence-electron chi connectivity index (χ3n) is 4.60. The number of anilines is 1. The topological polar surface area (TPSA) is 37.4 Å². The summed E-state index contributed by atoms with van der Waals surface area (Å²) in [5, 5.41) is 0. The van der Waals surface area contributed by atoms with Crippen LogP contribution in [0.25, 0.3) is 11.1 Å². The molecule has 0 aliphatic carbocycles. The lowest BCUT2D eigenvalue weighted by Gasteiger charge is -2.21. The van der Waals surface area contributed by atoms with Gasteiger partial charge in [0, 0.05) is 12.2 Å². The van der Waals surface area contributed by atoms with E-state index in [1.807, 2.05) is 24.3 Å². The van der Waals surface area contributed by atoms with Gasteiger partial charge in [0.05, 0.1) is 5.69 Å². The standard InChI is InChI=1S/C22H23NO2/c1-14(2)18-6-5-7-19(15(3)4)22(18)16-8-10-17(11-9-16)23-20(24)12-13-21(23)25/h5-15H,1-4H3. The van der Waals surface area contributed by atoms with Gasteiger partial charge in [0.25, 0.3) is 11.8 Å². The molecule has 3 nitrogen and oxygen atoms in total. The number of hydrogen-bond acceptors (Lipinski definition) is 2. The van der Waals surface area contributed by atoms with Crippen molar-refractivity contribution < 1.29 is 9.59 Å². The van der Waals surface area contributed by atoms with Crippen molar-refractivity contribution >= 4 is 17.5 Å². The van der Waals surface area contributed by atoms with Crippen molar-refractivity contribution in [2.24, 2.45) is 0 Å². The molecule has 3 heteroatoms. The monoisotopic (exact) mass is 333 g/mol. The molecule has 1 heterocycles. The molecule has 0 aromatic heterocycles. The molecule has 0 bridgehead atoms. The Morgan fingerprint density at radius 3 is 1.64 bits per heavy atom. The molecule has 0 saturated heterocycles. The minimum atomic E-state index is -0.289. The summed E-state index contributed by atoms with van der Waals surface area (Å²) in [6.07, 6.45) is 2.61. The average molecular weight is 333 g/mol. The van der Waals surface area contributed by atoms with E-state index in [-0.39, 0.29) is 11.8 Å². The molecule has 25 heavy (non-hydrogen) atoms. The summed E-state index contributed by atoms with van der Waals surface area (Å²) in [4.78, 5) is 24.9. The Kier molecular flexibility index (Phi) is 4.58. The van der Waals surface area contributed by atoms with Gasteiger partial charge >= 0.3 is 0 Å². The predicted octanol–water partition coefficient (Wildman–Crippen LogP) is 5.03. The summed E-state index contributed by atoms with van der Waals surface area (Å²) in [5.74, 6) is 0.255. The molecule has 0 spiro atoms. The van der Waals surface area contributed by atoms with Gasteiger partial charge in [0.15, 0.2) is 0 Å². The highest BCUT2D eigenvalue weighted by Crippen LogP contribution is 2.36. The van der Waals surface area contributed by atoms with Gasteiger partial charge in [0.2, 0.25) is 0 Å². The zero-order valence-corrected chi connectivity index (χ0v) is 15.1. The lowest BCUT2D eigenvalue weighted by Crippen LogP contribution is -2.29. The normalized spacial score (nSPS) is 14.2. The number of benzene rings is 2. The van der Waals surface area contributed by atoms with E-state index in [9.17, 15) is 9.59 Å². The molecule has 0 atom stereocenters. The maximum Gasteiger partial charge on any atom is 0.258 e. The second-order valence-electron chi connectivity index (χ2n) is 7.01. The fourth-order valence-electron chi connectivity index (χ4n) is 3.32. The van der Waals surface area contributed by atoms with Crippen molar-refractivity contribution in [2.45, 2.75) is 39.5 Å². The van der Waals surface area contributed by atoms with Gasteiger partial charge in [0.1, 0.15) is 0 Å². The summed E-state index contributed by atoms with van der Waals surface area (Å²) in [7, 11) is 0. The molecule has 2 aromatic carbocycles. The van der Waals surface area contributed by atoms with Gasteiger partial charge in [-0.2, -0.15) is 0 Å². The maximum atomic E-state index is 11.8. The lowest BCUT2D eigenvalue weighted by atomic mass is 9.85. The average Bonchev–Trinajstić information content (AvgIpc) is 2.93. The van der Waals surface area contributed by atoms with Crippen LogP contribution in [0.1, 0.15) is 50.7 Å². The number of carbonyl (C=O) groups excluding carboxylic acids is 2. The minimum absolute atomic E-state index is 0.289. The summed E-state index contributed by atoms with van der Waals surface area (Å²) in [5.41, 5.74) is 5.61. The van der Waals surface area contributed by atoms with Crippen molar-refractivity contribution in [1.29, 1.82) is 0 Å². The number of nitrogens with zero attached hydrogens (tertiary/aromatic N) is 1. The van der Waals surface area contributed by atoms with Crippen LogP contribution >= 0.6 is 0 Å². The molecule has 1 aliphatic heterocycles. The molecule has 2 aromatic rings. The molecule has 0 radical (unpaired) electrons. The molecular weight excluding hydrogens is 310 g/mol. The third-order valence-corrected chi connectivity index (χ3v) is 4.60. The highest BCUT2D eigenvalue weighted by atomic mass is 16.2. The van der Waals surface area contributed by atoms with E-state index in [1.165, 1.54) is 33.7 Å². The predicted molar refractivity (Wildman–Crippen MR) is 102 cm³/mol. The smallest absolute Gasteiger partial charge is 0.258 e. The van der Waals surface area contributed by atoms with Crippen LogP contribution in [0, 0.1) is 0 Å². The van der Waals surface area contributed by atoms with Crippen LogP contribution in [0.4, 0.5) is 5.69 Å². The molecule has 0 N–H and O–H groups in total. The molecule has 128 valence electrons. The second kappa shape index (κ2) is 6.67. The second-order valence-corrected chi connectivity index (χ2v) is 7.01. The van der Waals surface area contributed by atoms with Crippen LogP contribution in [0.15, 0.2) is 54.6 Å². The van der Waals surface area contributed by atoms with Gasteiger partial charge < -0.3 is 0 Å². The fraction of sp³-hybridized carbons (Fsp3) is 0.273. The van der Waals surface area contributed by atoms with Crippen LogP contribution in [0.5, 0.6) is 0 Å². The number of hydrogen-bond donors (Lipinski definition) is 0. The van der Waals surface area contributed by atoms with Gasteiger partial charge in [-0.15, -0.1) is 0 Å². The first-order valence-corrected chi connectivity index (χ1v) is 8.69. The van der Waals surface area contributed by atoms with Crippen LogP contribution in [-0.4, -0.2) is 11.8 Å². The van der Waals surface area contributed by atoms with Crippen LogP contribution < -0.4 is 4.90 Å². The van der Waals surface area contributed by atoms with E-state index in [1.54, 1.807) is 0 Å². The maximum absolute atomic E-state index is 11.8. The molecule has 0 unspecified atom stereocenters. The van der Waals surface area contributed by atoms with Crippen molar-refractivity contribution in [1.82, 2.24) is 0 Å². The van der Waals surface area contributed by atoms with E-state index in [0.717, 1.165) is 5.56 Å². The van der Waals surface area contributed by atoms with Gasteiger partial charge in [-0.1, -0.05) is 58.0 Å². The van der Waals surface area contributed by atoms with Crippen molar-refractivity contribution in [3.8, 4) is 11.1 Å². The van der Waals surface area contributed by atoms with E-state index in [0.29, 0.717) is 17.5 Å². The Morgan fingerprint density at radius 1 is 0.720 bits per heavy atom. The van der Waals surface area contributed by atoms with E-state index < -0.39 is 0 Å². The first-order chi connectivity index (χ1) is 11.9. The third kappa shape index (κ3) is 3.14. The SMILES string of the molecule is CC(C)c1cccc(C(C)C)c1-c1ccc(N2C(=O)C=CC2=O)cc1. The number of imide groups is 1. The molecular formula is C22H23NO2. The molecule has 0 fully saturated rings. The molecule has 3 rings (SSSR count). The summed E-state index contributed by atoms with van der Waals surface area (Å²) >= 11 is 0. The van der Waals surface area contributed by atoms with Crippen molar-refractivity contribution in [3.05, 3.63) is 65.7 Å². The zero-order chi connectivity index (χ0) is 18.1. The van der Waals surface area contributed by atoms with Crippen LogP contribution in [-0.2, 0) is 9.59 Å². The van der Waals surface area contributed by atoms with E-state index >= 15 is 0 Å². The molecule has 2 amide bonds. The molecule has 0 saturated carbocycles. The number of amides is 2. The fourth-order valence-corrected chi connectivity index (χ4v) is 3.32. The largest absolute Gasteiger partial charge is 0.269 e. The van der Waals surface area contributed by atoms with E-state index in [2.05, 4.69) is 45.9 Å². The van der Waals surface area contributed by atoms with Crippen LogP contribution in [0.2, 0.25) is 0 Å². The number of rotatable bonds is 4. The Balaban J connectivity index is 2.06. The summed E-state index contributed by atoms with van der Waals surface area (Å²) in [6.45, 7) is 8.80. The Bertz CT molecular complexity index is 801. The Morgan fingerprint density at radius 2 is 1.20 bits per heavy atom. The Labute approximate surface area is 149 Å². The highest BCUT2D eigenvalue weighted by Gasteiger charge is 2.25. The summed E-state index contributed by atoms with van der Waals surface area (Å²) < 4.78 is 0. The van der Waals surface area contributed by atoms with Crippen molar-refractivity contribution in [3.63, 3.8) is 0 Å². The lowest BCUT2D eigenvalue weighted by molar-refractivity contribution is -0.119. The van der Waals surface area contributed by atoms with Gasteiger partial charge in [-0.3, -0.25) is 9.59 Å². The Hall–Kier alpha value is -2.68. The zero-order valence-electron chi connectivity index (χ0n) is 15.1. The first-order valence-electron chi connectivity index (χ1n) is 8.69. The summed E-state index contributed by atoms with van der Waals surface area (Å²) in [6, 6.07) is 14.2. The minimum Gasteiger partial charge on any atom is -0.269 e. The highest BCUT2D eigenvalue weighted by molar-refractivity contribution is 6.28. The van der Waals surface area contributed by atoms with Gasteiger partial charge in [-0.05, 0) is 46.2 Å². The van der Waals surface area contributed by atoms with Gasteiger partial charge in [-0.25, -0.2) is 4.90 Å². The quantitative estimate of drug-likeness (QED) is 0.736.